The number of carbonyl (C=O) groups excluding carboxylic acids is 1. The van der Waals surface area contributed by atoms with Gasteiger partial charge in [-0.1, -0.05) is 11.6 Å². The Bertz CT molecular complexity index is 711. The zero-order valence-electron chi connectivity index (χ0n) is 11.5. The number of halogens is 1. The summed E-state index contributed by atoms with van der Waals surface area (Å²) in [6.45, 7) is 3.19. The lowest BCUT2D eigenvalue weighted by Crippen LogP contribution is -2.25. The number of aromatic hydroxyl groups is 1. The maximum Gasteiger partial charge on any atom is 0.276 e. The van der Waals surface area contributed by atoms with Crippen molar-refractivity contribution in [3.05, 3.63) is 39.7 Å². The number of phenols is 1. The van der Waals surface area contributed by atoms with Crippen LogP contribution in [0.25, 0.3) is 0 Å². The molecule has 0 saturated carbocycles. The van der Waals surface area contributed by atoms with E-state index in [-0.39, 0.29) is 17.3 Å². The predicted molar refractivity (Wildman–Crippen MR) is 79.8 cm³/mol. The number of hydrogen-bond donors (Lipinski definition) is 4. The molecule has 21 heavy (non-hydrogen) atoms. The lowest BCUT2D eigenvalue weighted by molar-refractivity contribution is 0.102. The molecule has 1 aliphatic rings. The molecule has 4 N–H and O–H groups in total. The van der Waals surface area contributed by atoms with E-state index in [1.807, 2.05) is 0 Å². The van der Waals surface area contributed by atoms with Gasteiger partial charge in [0.25, 0.3) is 5.91 Å². The van der Waals surface area contributed by atoms with Crippen molar-refractivity contribution in [2.24, 2.45) is 0 Å². The Labute approximate surface area is 126 Å². The van der Waals surface area contributed by atoms with Gasteiger partial charge in [-0.2, -0.15) is 5.10 Å². The van der Waals surface area contributed by atoms with E-state index >= 15 is 0 Å². The number of amides is 1. The fourth-order valence-corrected chi connectivity index (χ4v) is 2.70. The van der Waals surface area contributed by atoms with E-state index in [9.17, 15) is 9.90 Å². The number of aromatic nitrogens is 2. The number of carbonyl (C=O) groups is 1. The molecule has 6 nitrogen and oxygen atoms in total. The van der Waals surface area contributed by atoms with Crippen molar-refractivity contribution in [3.63, 3.8) is 0 Å². The number of aromatic amines is 1. The largest absolute Gasteiger partial charge is 0.505 e. The number of nitrogens with zero attached hydrogens (tertiary/aromatic N) is 1. The summed E-state index contributed by atoms with van der Waals surface area (Å²) in [6, 6.07) is 3.14. The highest BCUT2D eigenvalue weighted by molar-refractivity contribution is 6.31. The fraction of sp³-hybridized carbons (Fsp3) is 0.286. The van der Waals surface area contributed by atoms with Crippen LogP contribution in [0.3, 0.4) is 0 Å². The van der Waals surface area contributed by atoms with Gasteiger partial charge in [-0.05, 0) is 24.6 Å². The summed E-state index contributed by atoms with van der Waals surface area (Å²) in [6.07, 6.45) is 0.817. The number of benzene rings is 1. The first-order valence-corrected chi connectivity index (χ1v) is 7.01. The molecule has 0 spiro atoms. The van der Waals surface area contributed by atoms with E-state index in [1.54, 1.807) is 13.0 Å². The maximum absolute atomic E-state index is 12.3. The molecule has 1 aromatic carbocycles. The lowest BCUT2D eigenvalue weighted by atomic mass is 10.1. The third-order valence-electron chi connectivity index (χ3n) is 3.53. The molecule has 1 amide bonds. The van der Waals surface area contributed by atoms with Crippen LogP contribution in [0.5, 0.6) is 5.75 Å². The van der Waals surface area contributed by atoms with Crippen LogP contribution >= 0.6 is 11.6 Å². The molecular weight excluding hydrogens is 292 g/mol. The molecule has 1 aromatic heterocycles. The summed E-state index contributed by atoms with van der Waals surface area (Å²) in [5.74, 6) is -0.358. The van der Waals surface area contributed by atoms with Crippen LogP contribution in [-0.4, -0.2) is 27.8 Å². The fourth-order valence-electron chi connectivity index (χ4n) is 2.43. The van der Waals surface area contributed by atoms with E-state index in [1.165, 1.54) is 6.07 Å². The lowest BCUT2D eigenvalue weighted by Gasteiger charge is -2.13. The molecule has 7 heteroatoms. The van der Waals surface area contributed by atoms with Gasteiger partial charge in [0.1, 0.15) is 5.75 Å². The first kappa shape index (κ1) is 13.9. The molecule has 3 rings (SSSR count). The zero-order valence-corrected chi connectivity index (χ0v) is 12.2. The van der Waals surface area contributed by atoms with Crippen molar-refractivity contribution in [2.45, 2.75) is 19.9 Å². The zero-order chi connectivity index (χ0) is 15.0. The van der Waals surface area contributed by atoms with Crippen LogP contribution in [-0.2, 0) is 13.0 Å². The third kappa shape index (κ3) is 2.59. The average Bonchev–Trinajstić information content (AvgIpc) is 2.88. The number of hydrogen-bond acceptors (Lipinski definition) is 4. The second kappa shape index (κ2) is 5.38. The topological polar surface area (TPSA) is 90.0 Å². The number of nitrogens with one attached hydrogen (secondary N) is 3. The van der Waals surface area contributed by atoms with Crippen molar-refractivity contribution >= 4 is 23.2 Å². The van der Waals surface area contributed by atoms with Crippen molar-refractivity contribution < 1.29 is 9.90 Å². The number of H-pyrrole nitrogens is 1. The molecule has 0 fully saturated rings. The molecule has 0 unspecified atom stereocenters. The van der Waals surface area contributed by atoms with Crippen LogP contribution < -0.4 is 10.6 Å². The Kier molecular flexibility index (Phi) is 3.57. The number of fused-ring (bicyclic) bond motifs is 1. The summed E-state index contributed by atoms with van der Waals surface area (Å²) in [5.41, 5.74) is 3.07. The van der Waals surface area contributed by atoms with Gasteiger partial charge in [-0.15, -0.1) is 0 Å². The van der Waals surface area contributed by atoms with Gasteiger partial charge in [-0.3, -0.25) is 9.89 Å². The van der Waals surface area contributed by atoms with Crippen molar-refractivity contribution in [1.29, 1.82) is 0 Å². The Morgan fingerprint density at radius 2 is 2.29 bits per heavy atom. The normalized spacial score (nSPS) is 13.8. The molecule has 1 aliphatic heterocycles. The van der Waals surface area contributed by atoms with Gasteiger partial charge < -0.3 is 15.7 Å². The van der Waals surface area contributed by atoms with Crippen molar-refractivity contribution in [1.82, 2.24) is 15.5 Å². The Balaban J connectivity index is 1.89. The first-order chi connectivity index (χ1) is 10.1. The highest BCUT2D eigenvalue weighted by Crippen LogP contribution is 2.31. The molecule has 0 atom stereocenters. The minimum atomic E-state index is -0.367. The quantitative estimate of drug-likeness (QED) is 0.639. The molecule has 2 aromatic rings. The van der Waals surface area contributed by atoms with Gasteiger partial charge in [0.05, 0.1) is 5.69 Å². The summed E-state index contributed by atoms with van der Waals surface area (Å²) >= 11 is 5.95. The smallest absolute Gasteiger partial charge is 0.276 e. The summed E-state index contributed by atoms with van der Waals surface area (Å²) in [7, 11) is 0. The summed E-state index contributed by atoms with van der Waals surface area (Å²) in [4.78, 5) is 12.3. The van der Waals surface area contributed by atoms with E-state index in [0.29, 0.717) is 22.8 Å². The van der Waals surface area contributed by atoms with E-state index in [2.05, 4.69) is 20.8 Å². The van der Waals surface area contributed by atoms with Crippen molar-refractivity contribution in [3.8, 4) is 5.75 Å². The molecule has 0 aliphatic carbocycles. The van der Waals surface area contributed by atoms with Crippen LogP contribution in [0.4, 0.5) is 5.69 Å². The van der Waals surface area contributed by atoms with Crippen LogP contribution in [0.1, 0.15) is 27.3 Å². The van der Waals surface area contributed by atoms with Gasteiger partial charge in [0.2, 0.25) is 0 Å². The SMILES string of the molecule is Cc1cc(Cl)cc(NC(=O)c2n[nH]c3c2CNCC3)c1O. The Morgan fingerprint density at radius 3 is 3.10 bits per heavy atom. The summed E-state index contributed by atoms with van der Waals surface area (Å²) < 4.78 is 0. The predicted octanol–water partition coefficient (Wildman–Crippen LogP) is 1.98. The number of aryl methyl sites for hydroxylation is 1. The van der Waals surface area contributed by atoms with E-state index < -0.39 is 0 Å². The van der Waals surface area contributed by atoms with Crippen molar-refractivity contribution in [2.75, 3.05) is 11.9 Å². The molecular formula is C14H15ClN4O2. The standard InChI is InChI=1S/C14H15ClN4O2/c1-7-4-8(15)5-11(13(7)20)17-14(21)12-9-6-16-3-2-10(9)18-19-12/h4-5,16,20H,2-3,6H2,1H3,(H,17,21)(H,18,19). The first-order valence-electron chi connectivity index (χ1n) is 6.63. The Hall–Kier alpha value is -2.05. The molecule has 110 valence electrons. The third-order valence-corrected chi connectivity index (χ3v) is 3.75. The van der Waals surface area contributed by atoms with Crippen LogP contribution in [0, 0.1) is 6.92 Å². The Morgan fingerprint density at radius 1 is 1.48 bits per heavy atom. The van der Waals surface area contributed by atoms with Gasteiger partial charge in [0.15, 0.2) is 5.69 Å². The maximum atomic E-state index is 12.3. The van der Waals surface area contributed by atoms with Gasteiger partial charge in [-0.25, -0.2) is 0 Å². The molecule has 2 heterocycles. The highest BCUT2D eigenvalue weighted by Gasteiger charge is 2.22. The number of rotatable bonds is 2. The average molecular weight is 307 g/mol. The molecule has 0 bridgehead atoms. The summed E-state index contributed by atoms with van der Waals surface area (Å²) in [5, 5.41) is 23.3. The van der Waals surface area contributed by atoms with Crippen LogP contribution in [0.15, 0.2) is 12.1 Å². The minimum absolute atomic E-state index is 0.00952. The number of anilines is 1. The van der Waals surface area contributed by atoms with Gasteiger partial charge in [0, 0.05) is 35.8 Å². The minimum Gasteiger partial charge on any atom is -0.505 e. The van der Waals surface area contributed by atoms with Gasteiger partial charge >= 0.3 is 0 Å². The molecule has 0 saturated heterocycles. The second-order valence-electron chi connectivity index (χ2n) is 5.03. The highest BCUT2D eigenvalue weighted by atomic mass is 35.5. The second-order valence-corrected chi connectivity index (χ2v) is 5.47. The monoisotopic (exact) mass is 306 g/mol. The van der Waals surface area contributed by atoms with Crippen LogP contribution in [0.2, 0.25) is 5.02 Å². The van der Waals surface area contributed by atoms with E-state index in [0.717, 1.165) is 24.2 Å². The van der Waals surface area contributed by atoms with E-state index in [4.69, 9.17) is 11.6 Å². The molecule has 0 radical (unpaired) electrons. The number of phenolic OH excluding ortho intramolecular Hbond substituents is 1.